The Hall–Kier alpha value is -1.31. The summed E-state index contributed by atoms with van der Waals surface area (Å²) in [5, 5.41) is 9.05. The molecule has 1 unspecified atom stereocenters. The lowest BCUT2D eigenvalue weighted by molar-refractivity contribution is 0.174. The molecule has 0 saturated carbocycles. The topological polar surface area (TPSA) is 84.9 Å². The van der Waals surface area contributed by atoms with Gasteiger partial charge in [0.25, 0.3) is 0 Å². The van der Waals surface area contributed by atoms with Gasteiger partial charge in [-0.15, -0.1) is 0 Å². The van der Waals surface area contributed by atoms with Crippen LogP contribution in [0.2, 0.25) is 0 Å². The number of benzene rings is 1. The van der Waals surface area contributed by atoms with E-state index in [4.69, 9.17) is 14.6 Å². The number of aliphatic hydroxyl groups is 1. The molecule has 0 saturated heterocycles. The monoisotopic (exact) mass is 259 g/mol. The van der Waals surface area contributed by atoms with Crippen molar-refractivity contribution in [2.75, 3.05) is 13.3 Å². The first-order valence-corrected chi connectivity index (χ1v) is 6.55. The molecule has 0 spiro atoms. The Bertz CT molecular complexity index is 511. The number of rotatable bonds is 4. The Morgan fingerprint density at radius 3 is 2.82 bits per heavy atom. The van der Waals surface area contributed by atoms with E-state index >= 15 is 0 Å². The summed E-state index contributed by atoms with van der Waals surface area (Å²) in [6, 6.07) is 4.36. The molecule has 0 radical (unpaired) electrons. The maximum absolute atomic E-state index is 11.8. The van der Waals surface area contributed by atoms with Crippen LogP contribution in [0.5, 0.6) is 11.5 Å². The van der Waals surface area contributed by atoms with Crippen molar-refractivity contribution in [2.24, 2.45) is 0 Å². The number of aliphatic hydroxyl groups excluding tert-OH is 1. The average Bonchev–Trinajstić information content (AvgIpc) is 2.73. The number of ether oxygens (including phenoxy) is 2. The number of sulfonamides is 1. The van der Waals surface area contributed by atoms with Crippen LogP contribution in [0, 0.1) is 0 Å². The van der Waals surface area contributed by atoms with Crippen LogP contribution in [-0.4, -0.2) is 33.0 Å². The van der Waals surface area contributed by atoms with E-state index in [0.29, 0.717) is 11.5 Å². The van der Waals surface area contributed by atoms with Gasteiger partial charge in [-0.3, -0.25) is 0 Å². The van der Waals surface area contributed by atoms with E-state index in [0.717, 1.165) is 0 Å². The summed E-state index contributed by atoms with van der Waals surface area (Å²) >= 11 is 0. The minimum Gasteiger partial charge on any atom is -0.454 e. The van der Waals surface area contributed by atoms with E-state index in [9.17, 15) is 8.42 Å². The van der Waals surface area contributed by atoms with Gasteiger partial charge in [0.1, 0.15) is 0 Å². The molecule has 2 N–H and O–H groups in total. The van der Waals surface area contributed by atoms with Crippen molar-refractivity contribution >= 4 is 10.0 Å². The van der Waals surface area contributed by atoms with Crippen molar-refractivity contribution in [3.05, 3.63) is 18.2 Å². The lowest BCUT2D eigenvalue weighted by atomic mass is 10.3. The third-order valence-electron chi connectivity index (χ3n) is 2.22. The highest BCUT2D eigenvalue weighted by molar-refractivity contribution is 7.89. The van der Waals surface area contributed by atoms with Crippen molar-refractivity contribution in [1.29, 1.82) is 0 Å². The Morgan fingerprint density at radius 2 is 2.12 bits per heavy atom. The summed E-state index contributed by atoms with van der Waals surface area (Å²) in [5.74, 6) is 0.935. The number of nitrogens with one attached hydrogen (secondary N) is 1. The summed E-state index contributed by atoms with van der Waals surface area (Å²) in [5.41, 5.74) is 0. The van der Waals surface area contributed by atoms with Gasteiger partial charge in [-0.05, 0) is 19.1 Å². The highest BCUT2D eigenvalue weighted by Gasteiger charge is 2.20. The first-order valence-electron chi connectivity index (χ1n) is 5.06. The molecule has 1 aliphatic rings. The van der Waals surface area contributed by atoms with Gasteiger partial charge in [-0.2, -0.15) is 0 Å². The van der Waals surface area contributed by atoms with Crippen molar-refractivity contribution in [2.45, 2.75) is 17.9 Å². The maximum atomic E-state index is 11.8. The molecule has 7 heteroatoms. The molecular weight excluding hydrogens is 246 g/mol. The van der Waals surface area contributed by atoms with Gasteiger partial charge in [0.15, 0.2) is 11.5 Å². The second kappa shape index (κ2) is 4.52. The Morgan fingerprint density at radius 1 is 1.41 bits per heavy atom. The zero-order valence-electron chi connectivity index (χ0n) is 9.21. The second-order valence-electron chi connectivity index (χ2n) is 3.72. The highest BCUT2D eigenvalue weighted by Crippen LogP contribution is 2.33. The molecule has 6 nitrogen and oxygen atoms in total. The van der Waals surface area contributed by atoms with Crippen molar-refractivity contribution in [3.8, 4) is 11.5 Å². The average molecular weight is 259 g/mol. The molecule has 0 fully saturated rings. The summed E-state index contributed by atoms with van der Waals surface area (Å²) in [6.45, 7) is 1.57. The SMILES string of the molecule is CC(O)CNS(=O)(=O)c1ccc2c(c1)OCO2. The Balaban J connectivity index is 2.22. The predicted molar refractivity (Wildman–Crippen MR) is 59.4 cm³/mol. The number of fused-ring (bicyclic) bond motifs is 1. The fourth-order valence-electron chi connectivity index (χ4n) is 1.36. The van der Waals surface area contributed by atoms with E-state index in [1.165, 1.54) is 19.1 Å². The minimum absolute atomic E-state index is 0.0310. The van der Waals surface area contributed by atoms with Crippen LogP contribution in [-0.2, 0) is 10.0 Å². The van der Waals surface area contributed by atoms with Gasteiger partial charge in [0.05, 0.1) is 11.0 Å². The molecule has 0 bridgehead atoms. The number of hydrogen-bond donors (Lipinski definition) is 2. The molecule has 1 aliphatic heterocycles. The van der Waals surface area contributed by atoms with Crippen molar-refractivity contribution in [3.63, 3.8) is 0 Å². The lowest BCUT2D eigenvalue weighted by Gasteiger charge is -2.08. The van der Waals surface area contributed by atoms with Crippen molar-refractivity contribution < 1.29 is 23.0 Å². The largest absolute Gasteiger partial charge is 0.454 e. The molecule has 0 aromatic heterocycles. The normalized spacial score (nSPS) is 15.9. The zero-order chi connectivity index (χ0) is 12.5. The molecule has 1 atom stereocenters. The molecule has 94 valence electrons. The summed E-state index contributed by atoms with van der Waals surface area (Å²) in [7, 11) is -3.62. The lowest BCUT2D eigenvalue weighted by Crippen LogP contribution is -2.30. The van der Waals surface area contributed by atoms with Gasteiger partial charge in [0.2, 0.25) is 16.8 Å². The fourth-order valence-corrected chi connectivity index (χ4v) is 2.49. The molecule has 1 aromatic carbocycles. The van der Waals surface area contributed by atoms with Gasteiger partial charge >= 0.3 is 0 Å². The van der Waals surface area contributed by atoms with Crippen LogP contribution in [0.1, 0.15) is 6.92 Å². The standard InChI is InChI=1S/C10H13NO5S/c1-7(12)5-11-17(13,14)8-2-3-9-10(4-8)16-6-15-9/h2-4,7,11-12H,5-6H2,1H3. The van der Waals surface area contributed by atoms with E-state index in [1.807, 2.05) is 0 Å². The summed E-state index contributed by atoms with van der Waals surface area (Å²) in [6.07, 6.45) is -0.737. The fraction of sp³-hybridized carbons (Fsp3) is 0.400. The first kappa shape index (κ1) is 12.2. The van der Waals surface area contributed by atoms with Crippen LogP contribution in [0.15, 0.2) is 23.1 Å². The molecule has 17 heavy (non-hydrogen) atoms. The van der Waals surface area contributed by atoms with E-state index < -0.39 is 16.1 Å². The van der Waals surface area contributed by atoms with Gasteiger partial charge in [-0.25, -0.2) is 13.1 Å². The second-order valence-corrected chi connectivity index (χ2v) is 5.48. The molecular formula is C10H13NO5S. The van der Waals surface area contributed by atoms with Gasteiger partial charge < -0.3 is 14.6 Å². The summed E-state index contributed by atoms with van der Waals surface area (Å²) in [4.78, 5) is 0.0856. The van der Waals surface area contributed by atoms with Crippen LogP contribution in [0.25, 0.3) is 0 Å². The molecule has 1 aromatic rings. The van der Waals surface area contributed by atoms with E-state index in [1.54, 1.807) is 6.07 Å². The minimum atomic E-state index is -3.62. The third-order valence-corrected chi connectivity index (χ3v) is 3.64. The van der Waals surface area contributed by atoms with Gasteiger partial charge in [0, 0.05) is 12.6 Å². The quantitative estimate of drug-likeness (QED) is 0.799. The van der Waals surface area contributed by atoms with Crippen LogP contribution >= 0.6 is 0 Å². The van der Waals surface area contributed by atoms with Crippen LogP contribution in [0.4, 0.5) is 0 Å². The van der Waals surface area contributed by atoms with Gasteiger partial charge in [-0.1, -0.05) is 0 Å². The predicted octanol–water partition coefficient (Wildman–Crippen LogP) is 0.0744. The van der Waals surface area contributed by atoms with Crippen molar-refractivity contribution in [1.82, 2.24) is 4.72 Å². The maximum Gasteiger partial charge on any atom is 0.240 e. The van der Waals surface area contributed by atoms with E-state index in [2.05, 4.69) is 4.72 Å². The number of hydrogen-bond acceptors (Lipinski definition) is 5. The smallest absolute Gasteiger partial charge is 0.240 e. The molecule has 0 aliphatic carbocycles. The van der Waals surface area contributed by atoms with Crippen LogP contribution in [0.3, 0.4) is 0 Å². The zero-order valence-corrected chi connectivity index (χ0v) is 10.0. The highest BCUT2D eigenvalue weighted by atomic mass is 32.2. The molecule has 0 amide bonds. The molecule has 1 heterocycles. The third kappa shape index (κ3) is 2.68. The first-order chi connectivity index (χ1) is 7.99. The molecule has 2 rings (SSSR count). The summed E-state index contributed by atoms with van der Waals surface area (Å²) < 4.78 is 36.1. The van der Waals surface area contributed by atoms with Crippen LogP contribution < -0.4 is 14.2 Å². The Labute approximate surface area is 99.2 Å². The van der Waals surface area contributed by atoms with E-state index in [-0.39, 0.29) is 18.2 Å². The Kier molecular flexibility index (Phi) is 3.23.